The fourth-order valence-electron chi connectivity index (χ4n) is 2.05. The molecule has 1 heterocycles. The second-order valence-electron chi connectivity index (χ2n) is 4.46. The molecule has 1 N–H and O–H groups in total. The van der Waals surface area contributed by atoms with E-state index in [1.54, 1.807) is 18.5 Å². The number of aromatic nitrogens is 1. The molecule has 4 heteroatoms. The number of benzene rings is 1. The van der Waals surface area contributed by atoms with Crippen molar-refractivity contribution in [1.29, 1.82) is 0 Å². The van der Waals surface area contributed by atoms with Gasteiger partial charge < -0.3 is 5.32 Å². The van der Waals surface area contributed by atoms with E-state index < -0.39 is 11.6 Å². The Balaban J connectivity index is 2.09. The van der Waals surface area contributed by atoms with Gasteiger partial charge in [0.25, 0.3) is 0 Å². The molecular formula is C15H16F2N2. The summed E-state index contributed by atoms with van der Waals surface area (Å²) in [4.78, 5) is 3.96. The number of nitrogens with zero attached hydrogens (tertiary/aromatic N) is 1. The van der Waals surface area contributed by atoms with Crippen LogP contribution in [0.2, 0.25) is 0 Å². The van der Waals surface area contributed by atoms with Crippen LogP contribution in [0, 0.1) is 11.6 Å². The second-order valence-corrected chi connectivity index (χ2v) is 4.46. The van der Waals surface area contributed by atoms with Gasteiger partial charge in [-0.3, -0.25) is 4.98 Å². The summed E-state index contributed by atoms with van der Waals surface area (Å²) in [7, 11) is 1.82. The third kappa shape index (κ3) is 3.58. The predicted octanol–water partition coefficient (Wildman–Crippen LogP) is 2.73. The summed E-state index contributed by atoms with van der Waals surface area (Å²) in [5.74, 6) is -1.55. The molecule has 0 aliphatic carbocycles. The van der Waals surface area contributed by atoms with Gasteiger partial charge in [0.1, 0.15) is 0 Å². The Kier molecular flexibility index (Phi) is 4.58. The molecule has 0 radical (unpaired) electrons. The Morgan fingerprint density at radius 3 is 2.53 bits per heavy atom. The summed E-state index contributed by atoms with van der Waals surface area (Å²) in [5, 5.41) is 3.14. The molecule has 2 rings (SSSR count). The van der Waals surface area contributed by atoms with Crippen molar-refractivity contribution in [1.82, 2.24) is 10.3 Å². The minimum Gasteiger partial charge on any atom is -0.316 e. The zero-order valence-electron chi connectivity index (χ0n) is 10.7. The Morgan fingerprint density at radius 1 is 1.11 bits per heavy atom. The monoisotopic (exact) mass is 262 g/mol. The van der Waals surface area contributed by atoms with Crippen LogP contribution in [0.3, 0.4) is 0 Å². The molecule has 1 atom stereocenters. The standard InChI is InChI=1S/C15H16F2N2/c1-18-13(9-11-5-7-19-8-6-11)10-12-3-2-4-14(16)15(12)17/h2-8,13,18H,9-10H2,1H3. The first-order chi connectivity index (χ1) is 9.20. The summed E-state index contributed by atoms with van der Waals surface area (Å²) in [6.07, 6.45) is 4.65. The quantitative estimate of drug-likeness (QED) is 0.896. The molecule has 0 saturated heterocycles. The van der Waals surface area contributed by atoms with Crippen molar-refractivity contribution in [3.63, 3.8) is 0 Å². The van der Waals surface area contributed by atoms with Gasteiger partial charge >= 0.3 is 0 Å². The van der Waals surface area contributed by atoms with E-state index in [9.17, 15) is 8.78 Å². The Bertz CT molecular complexity index is 529. The van der Waals surface area contributed by atoms with E-state index >= 15 is 0 Å². The van der Waals surface area contributed by atoms with Crippen LogP contribution in [0.15, 0.2) is 42.7 Å². The molecule has 0 fully saturated rings. The van der Waals surface area contributed by atoms with Crippen molar-refractivity contribution in [3.05, 3.63) is 65.5 Å². The summed E-state index contributed by atoms with van der Waals surface area (Å²) in [6.45, 7) is 0. The average molecular weight is 262 g/mol. The molecule has 100 valence electrons. The summed E-state index contributed by atoms with van der Waals surface area (Å²) in [5.41, 5.74) is 1.51. The van der Waals surface area contributed by atoms with Crippen molar-refractivity contribution in [3.8, 4) is 0 Å². The number of likely N-dealkylation sites (N-methyl/N-ethyl adjacent to an activating group) is 1. The third-order valence-electron chi connectivity index (χ3n) is 3.14. The van der Waals surface area contributed by atoms with Crippen LogP contribution in [0.1, 0.15) is 11.1 Å². The van der Waals surface area contributed by atoms with E-state index in [0.29, 0.717) is 12.0 Å². The lowest BCUT2D eigenvalue weighted by Crippen LogP contribution is -2.30. The number of hydrogen-bond acceptors (Lipinski definition) is 2. The van der Waals surface area contributed by atoms with Gasteiger partial charge in [-0.05, 0) is 49.2 Å². The number of pyridine rings is 1. The molecule has 1 aromatic heterocycles. The molecule has 1 aromatic carbocycles. The van der Waals surface area contributed by atoms with Crippen LogP contribution in [0.4, 0.5) is 8.78 Å². The largest absolute Gasteiger partial charge is 0.316 e. The van der Waals surface area contributed by atoms with Crippen molar-refractivity contribution >= 4 is 0 Å². The Hall–Kier alpha value is -1.81. The van der Waals surface area contributed by atoms with E-state index in [1.807, 2.05) is 19.2 Å². The lowest BCUT2D eigenvalue weighted by molar-refractivity contribution is 0.482. The zero-order valence-corrected chi connectivity index (χ0v) is 10.7. The molecule has 0 aliphatic rings. The van der Waals surface area contributed by atoms with Gasteiger partial charge in [0.2, 0.25) is 0 Å². The van der Waals surface area contributed by atoms with Crippen molar-refractivity contribution < 1.29 is 8.78 Å². The van der Waals surface area contributed by atoms with E-state index in [2.05, 4.69) is 10.3 Å². The number of hydrogen-bond donors (Lipinski definition) is 1. The maximum atomic E-state index is 13.6. The van der Waals surface area contributed by atoms with E-state index in [-0.39, 0.29) is 6.04 Å². The van der Waals surface area contributed by atoms with Crippen LogP contribution in [-0.4, -0.2) is 18.1 Å². The molecule has 0 spiro atoms. The molecule has 2 aromatic rings. The van der Waals surface area contributed by atoms with Gasteiger partial charge in [0, 0.05) is 18.4 Å². The SMILES string of the molecule is CNC(Cc1ccncc1)Cc1cccc(F)c1F. The molecule has 0 aliphatic heterocycles. The van der Waals surface area contributed by atoms with Crippen LogP contribution in [0.25, 0.3) is 0 Å². The Morgan fingerprint density at radius 2 is 1.84 bits per heavy atom. The summed E-state index contributed by atoms with van der Waals surface area (Å²) >= 11 is 0. The summed E-state index contributed by atoms with van der Waals surface area (Å²) in [6, 6.07) is 8.19. The van der Waals surface area contributed by atoms with Crippen LogP contribution >= 0.6 is 0 Å². The number of rotatable bonds is 5. The van der Waals surface area contributed by atoms with E-state index in [0.717, 1.165) is 18.1 Å². The fraction of sp³-hybridized carbons (Fsp3) is 0.267. The fourth-order valence-corrected chi connectivity index (χ4v) is 2.05. The summed E-state index contributed by atoms with van der Waals surface area (Å²) < 4.78 is 26.8. The molecule has 1 unspecified atom stereocenters. The molecule has 0 bridgehead atoms. The van der Waals surface area contributed by atoms with E-state index in [1.165, 1.54) is 6.07 Å². The Labute approximate surface area is 111 Å². The van der Waals surface area contributed by atoms with Crippen LogP contribution in [-0.2, 0) is 12.8 Å². The maximum Gasteiger partial charge on any atom is 0.162 e. The van der Waals surface area contributed by atoms with Crippen molar-refractivity contribution in [2.75, 3.05) is 7.05 Å². The number of halogens is 2. The molecule has 2 nitrogen and oxygen atoms in total. The predicted molar refractivity (Wildman–Crippen MR) is 70.9 cm³/mol. The highest BCUT2D eigenvalue weighted by molar-refractivity contribution is 5.21. The minimum absolute atomic E-state index is 0.0544. The first-order valence-corrected chi connectivity index (χ1v) is 6.19. The molecular weight excluding hydrogens is 246 g/mol. The molecule has 19 heavy (non-hydrogen) atoms. The highest BCUT2D eigenvalue weighted by Gasteiger charge is 2.13. The molecule has 0 saturated carbocycles. The van der Waals surface area contributed by atoms with Gasteiger partial charge in [0.15, 0.2) is 11.6 Å². The maximum absolute atomic E-state index is 13.6. The lowest BCUT2D eigenvalue weighted by atomic mass is 9.99. The third-order valence-corrected chi connectivity index (χ3v) is 3.14. The molecule has 0 amide bonds. The highest BCUT2D eigenvalue weighted by atomic mass is 19.2. The smallest absolute Gasteiger partial charge is 0.162 e. The minimum atomic E-state index is -0.795. The van der Waals surface area contributed by atoms with Crippen molar-refractivity contribution in [2.45, 2.75) is 18.9 Å². The first-order valence-electron chi connectivity index (χ1n) is 6.19. The highest BCUT2D eigenvalue weighted by Crippen LogP contribution is 2.15. The van der Waals surface area contributed by atoms with Crippen LogP contribution in [0.5, 0.6) is 0 Å². The van der Waals surface area contributed by atoms with Crippen molar-refractivity contribution in [2.24, 2.45) is 0 Å². The van der Waals surface area contributed by atoms with Gasteiger partial charge in [-0.25, -0.2) is 8.78 Å². The lowest BCUT2D eigenvalue weighted by Gasteiger charge is -2.16. The van der Waals surface area contributed by atoms with Gasteiger partial charge in [-0.1, -0.05) is 12.1 Å². The first kappa shape index (κ1) is 13.6. The number of nitrogens with one attached hydrogen (secondary N) is 1. The second kappa shape index (κ2) is 6.38. The van der Waals surface area contributed by atoms with Gasteiger partial charge in [-0.15, -0.1) is 0 Å². The topological polar surface area (TPSA) is 24.9 Å². The van der Waals surface area contributed by atoms with Crippen LogP contribution < -0.4 is 5.32 Å². The van der Waals surface area contributed by atoms with E-state index in [4.69, 9.17) is 0 Å². The van der Waals surface area contributed by atoms with Gasteiger partial charge in [0.05, 0.1) is 0 Å². The normalized spacial score (nSPS) is 12.4. The van der Waals surface area contributed by atoms with Gasteiger partial charge in [-0.2, -0.15) is 0 Å². The zero-order chi connectivity index (χ0) is 13.7. The average Bonchev–Trinajstić information content (AvgIpc) is 2.44.